The van der Waals surface area contributed by atoms with E-state index in [4.69, 9.17) is 9.47 Å². The van der Waals surface area contributed by atoms with E-state index in [1.165, 1.54) is 18.2 Å². The summed E-state index contributed by atoms with van der Waals surface area (Å²) in [5.74, 6) is -3.17. The quantitative estimate of drug-likeness (QED) is 0.187. The Morgan fingerprint density at radius 1 is 1.14 bits per heavy atom. The summed E-state index contributed by atoms with van der Waals surface area (Å²) >= 11 is 0.858. The van der Waals surface area contributed by atoms with Crippen molar-refractivity contribution in [1.82, 2.24) is 4.98 Å². The number of anilines is 1. The van der Waals surface area contributed by atoms with Crippen molar-refractivity contribution in [1.29, 1.82) is 0 Å². The molecule has 3 aromatic rings. The molecule has 37 heavy (non-hydrogen) atoms. The van der Waals surface area contributed by atoms with Crippen LogP contribution in [0.3, 0.4) is 0 Å². The summed E-state index contributed by atoms with van der Waals surface area (Å²) in [6, 6.07) is 10.7. The summed E-state index contributed by atoms with van der Waals surface area (Å²) in [7, 11) is 0. The summed E-state index contributed by atoms with van der Waals surface area (Å²) < 4.78 is 25.7. The van der Waals surface area contributed by atoms with Crippen LogP contribution in [0.1, 0.15) is 52.8 Å². The van der Waals surface area contributed by atoms with Crippen LogP contribution in [0.15, 0.2) is 54.1 Å². The van der Waals surface area contributed by atoms with Gasteiger partial charge < -0.3 is 14.6 Å². The fourth-order valence-electron chi connectivity index (χ4n) is 3.98. The normalized spacial score (nSPS) is 16.8. The minimum atomic E-state index is -1.31. The van der Waals surface area contributed by atoms with Crippen molar-refractivity contribution in [2.75, 3.05) is 18.1 Å². The van der Waals surface area contributed by atoms with Crippen molar-refractivity contribution in [3.05, 3.63) is 81.6 Å². The third kappa shape index (κ3) is 4.97. The first-order chi connectivity index (χ1) is 17.8. The fourth-order valence-corrected chi connectivity index (χ4v) is 4.96. The minimum absolute atomic E-state index is 0.00307. The zero-order valence-electron chi connectivity index (χ0n) is 20.5. The molecule has 1 amide bonds. The van der Waals surface area contributed by atoms with Crippen LogP contribution < -0.4 is 9.64 Å². The predicted octanol–water partition coefficient (Wildman–Crippen LogP) is 5.18. The van der Waals surface area contributed by atoms with Crippen LogP contribution in [0.5, 0.6) is 5.75 Å². The maximum absolute atomic E-state index is 15.0. The standard InChI is InChI=1S/C27H25FN2O6S/c1-4-14-36-17-12-10-16(11-13-17)22(31)20-21(18-8-6-7-9-19(18)28)30(25(33)23(20)32)27-29-15(3)24(37-27)26(34)35-5-2/h6-13,21,31H,4-5,14H2,1-3H3. The van der Waals surface area contributed by atoms with Crippen LogP contribution in [0.4, 0.5) is 9.52 Å². The van der Waals surface area contributed by atoms with Gasteiger partial charge >= 0.3 is 11.9 Å². The van der Waals surface area contributed by atoms with Crippen molar-refractivity contribution in [3.8, 4) is 5.75 Å². The Morgan fingerprint density at radius 2 is 1.84 bits per heavy atom. The number of amides is 1. The molecule has 0 bridgehead atoms. The van der Waals surface area contributed by atoms with E-state index in [9.17, 15) is 19.5 Å². The Balaban J connectivity index is 1.86. The van der Waals surface area contributed by atoms with E-state index in [1.54, 1.807) is 44.2 Å². The number of aliphatic hydroxyl groups excluding tert-OH is 1. The van der Waals surface area contributed by atoms with Crippen molar-refractivity contribution in [3.63, 3.8) is 0 Å². The van der Waals surface area contributed by atoms with Gasteiger partial charge in [-0.15, -0.1) is 0 Å². The first kappa shape index (κ1) is 26.0. The Labute approximate surface area is 217 Å². The van der Waals surface area contributed by atoms with Gasteiger partial charge in [-0.1, -0.05) is 36.5 Å². The molecule has 4 rings (SSSR count). The van der Waals surface area contributed by atoms with Gasteiger partial charge in [-0.25, -0.2) is 14.2 Å². The number of aliphatic hydroxyl groups is 1. The second-order valence-electron chi connectivity index (χ2n) is 8.19. The molecule has 1 atom stereocenters. The van der Waals surface area contributed by atoms with Crippen LogP contribution in [0.25, 0.3) is 5.76 Å². The summed E-state index contributed by atoms with van der Waals surface area (Å²) in [6.45, 7) is 5.87. The van der Waals surface area contributed by atoms with Crippen LogP contribution in [-0.2, 0) is 14.3 Å². The van der Waals surface area contributed by atoms with Gasteiger partial charge in [-0.2, -0.15) is 0 Å². The molecule has 1 aromatic heterocycles. The van der Waals surface area contributed by atoms with E-state index in [0.29, 0.717) is 18.1 Å². The molecule has 1 saturated heterocycles. The number of thiazole rings is 1. The molecule has 1 N–H and O–H groups in total. The number of aromatic nitrogens is 1. The lowest BCUT2D eigenvalue weighted by Gasteiger charge is -2.23. The highest BCUT2D eigenvalue weighted by molar-refractivity contribution is 7.17. The molecule has 0 spiro atoms. The second-order valence-corrected chi connectivity index (χ2v) is 9.17. The molecule has 0 radical (unpaired) electrons. The highest BCUT2D eigenvalue weighted by Gasteiger charge is 2.49. The molecule has 1 unspecified atom stereocenters. The number of carbonyl (C=O) groups excluding carboxylic acids is 3. The number of nitrogens with zero attached hydrogens (tertiary/aromatic N) is 2. The number of halogens is 1. The Bertz CT molecular complexity index is 1380. The van der Waals surface area contributed by atoms with Gasteiger partial charge in [0.2, 0.25) is 0 Å². The number of ether oxygens (including phenoxy) is 2. The van der Waals surface area contributed by atoms with Gasteiger partial charge in [0.1, 0.15) is 28.2 Å². The number of aryl methyl sites for hydroxylation is 1. The zero-order valence-corrected chi connectivity index (χ0v) is 21.3. The van der Waals surface area contributed by atoms with Gasteiger partial charge in [0.05, 0.1) is 24.5 Å². The highest BCUT2D eigenvalue weighted by Crippen LogP contribution is 2.44. The van der Waals surface area contributed by atoms with Gasteiger partial charge in [0.25, 0.3) is 5.78 Å². The number of hydrogen-bond acceptors (Lipinski definition) is 8. The number of hydrogen-bond donors (Lipinski definition) is 1. The third-order valence-electron chi connectivity index (χ3n) is 5.70. The average Bonchev–Trinajstić information content (AvgIpc) is 3.39. The van der Waals surface area contributed by atoms with Crippen molar-refractivity contribution < 1.29 is 33.4 Å². The van der Waals surface area contributed by atoms with Gasteiger partial charge in [-0.3, -0.25) is 14.5 Å². The third-order valence-corrected chi connectivity index (χ3v) is 6.83. The molecule has 1 aliphatic rings. The zero-order chi connectivity index (χ0) is 26.7. The first-order valence-corrected chi connectivity index (χ1v) is 12.5. The molecule has 0 aliphatic carbocycles. The van der Waals surface area contributed by atoms with E-state index in [-0.39, 0.29) is 33.3 Å². The molecule has 2 aromatic carbocycles. The number of rotatable bonds is 8. The van der Waals surface area contributed by atoms with Crippen LogP contribution >= 0.6 is 11.3 Å². The molecule has 0 saturated carbocycles. The molecular weight excluding hydrogens is 499 g/mol. The van der Waals surface area contributed by atoms with Crippen molar-refractivity contribution >= 4 is 39.9 Å². The highest BCUT2D eigenvalue weighted by atomic mass is 32.1. The molecule has 192 valence electrons. The summed E-state index contributed by atoms with van der Waals surface area (Å²) in [6.07, 6.45) is 0.821. The van der Waals surface area contributed by atoms with Crippen LogP contribution in [0, 0.1) is 12.7 Å². The lowest BCUT2D eigenvalue weighted by atomic mass is 9.95. The number of carbonyl (C=O) groups is 3. The molecule has 8 nitrogen and oxygen atoms in total. The van der Waals surface area contributed by atoms with Crippen molar-refractivity contribution in [2.45, 2.75) is 33.2 Å². The fraction of sp³-hybridized carbons (Fsp3) is 0.259. The van der Waals surface area contributed by atoms with E-state index in [1.807, 2.05) is 6.92 Å². The monoisotopic (exact) mass is 524 g/mol. The Morgan fingerprint density at radius 3 is 2.49 bits per heavy atom. The minimum Gasteiger partial charge on any atom is -0.507 e. The van der Waals surface area contributed by atoms with E-state index in [2.05, 4.69) is 4.98 Å². The topological polar surface area (TPSA) is 106 Å². The molecule has 2 heterocycles. The maximum Gasteiger partial charge on any atom is 0.350 e. The van der Waals surface area contributed by atoms with Crippen LogP contribution in [-0.4, -0.2) is 41.0 Å². The van der Waals surface area contributed by atoms with Gasteiger partial charge in [-0.05, 0) is 50.6 Å². The molecule has 10 heteroatoms. The average molecular weight is 525 g/mol. The number of benzene rings is 2. The number of ketones is 1. The second kappa shape index (κ2) is 10.9. The van der Waals surface area contributed by atoms with Crippen LogP contribution in [0.2, 0.25) is 0 Å². The first-order valence-electron chi connectivity index (χ1n) is 11.7. The maximum atomic E-state index is 15.0. The van der Waals surface area contributed by atoms with Gasteiger partial charge in [0.15, 0.2) is 5.13 Å². The molecule has 1 fully saturated rings. The smallest absolute Gasteiger partial charge is 0.350 e. The summed E-state index contributed by atoms with van der Waals surface area (Å²) in [5.41, 5.74) is 0.264. The van der Waals surface area contributed by atoms with E-state index < -0.39 is 35.3 Å². The van der Waals surface area contributed by atoms with E-state index in [0.717, 1.165) is 22.7 Å². The SMILES string of the molecule is CCCOc1ccc(C(O)=C2C(=O)C(=O)N(c3nc(C)c(C(=O)OCC)s3)C2c2ccccc2F)cc1. The lowest BCUT2D eigenvalue weighted by Crippen LogP contribution is -2.29. The molecule has 1 aliphatic heterocycles. The van der Waals surface area contributed by atoms with Crippen molar-refractivity contribution in [2.24, 2.45) is 0 Å². The summed E-state index contributed by atoms with van der Waals surface area (Å²) in [4.78, 5) is 44.4. The number of Topliss-reactive ketones (excluding diaryl/α,β-unsaturated/α-hetero) is 1. The Hall–Kier alpha value is -4.05. The van der Waals surface area contributed by atoms with E-state index >= 15 is 4.39 Å². The lowest BCUT2D eigenvalue weighted by molar-refractivity contribution is -0.132. The number of esters is 1. The predicted molar refractivity (Wildman–Crippen MR) is 136 cm³/mol. The summed E-state index contributed by atoms with van der Waals surface area (Å²) in [5, 5.41) is 11.2. The largest absolute Gasteiger partial charge is 0.507 e. The Kier molecular flexibility index (Phi) is 7.68. The van der Waals surface area contributed by atoms with Gasteiger partial charge in [0, 0.05) is 11.1 Å². The molecular formula is C27H25FN2O6S.